The van der Waals surface area contributed by atoms with Gasteiger partial charge in [0.05, 0.1) is 0 Å². The predicted molar refractivity (Wildman–Crippen MR) is 369 cm³/mol. The topological polar surface area (TPSA) is 55.4 Å². The first-order valence-corrected chi connectivity index (χ1v) is 42.9. The zero-order chi connectivity index (χ0) is 57.7. The Hall–Kier alpha value is 0.579. The van der Waals surface area contributed by atoms with Crippen molar-refractivity contribution in [3.8, 4) is 34.5 Å². The van der Waals surface area contributed by atoms with Gasteiger partial charge in [0.15, 0.2) is 0 Å². The summed E-state index contributed by atoms with van der Waals surface area (Å²) >= 11 is 14.1. The second-order valence-electron chi connectivity index (χ2n) is 20.5. The van der Waals surface area contributed by atoms with Gasteiger partial charge in [0.2, 0.25) is 0 Å². The molecule has 16 heteroatoms. The summed E-state index contributed by atoms with van der Waals surface area (Å²) < 4.78 is 45.3. The number of unbranched alkanes of at least 4 members (excludes halogenated alkanes) is 30. The Balaban J connectivity index is 0.000000518. The summed E-state index contributed by atoms with van der Waals surface area (Å²) in [6, 6.07) is 4.60. The zero-order valence-electron chi connectivity index (χ0n) is 51.6. The molecule has 460 valence electrons. The van der Waals surface area contributed by atoms with Crippen molar-refractivity contribution in [1.29, 1.82) is 0 Å². The van der Waals surface area contributed by atoms with E-state index in [0.29, 0.717) is 0 Å². The van der Waals surface area contributed by atoms with Crippen LogP contribution in [0.3, 0.4) is 0 Å². The van der Waals surface area contributed by atoms with Gasteiger partial charge in [-0.1, -0.05) is 129 Å². The third kappa shape index (κ3) is 31.5. The first kappa shape index (κ1) is 74.8. The Morgan fingerprint density at radius 2 is 0.562 bits per heavy atom. The number of methoxy groups -OCH3 is 6. The molecule has 4 heterocycles. The van der Waals surface area contributed by atoms with Crippen molar-refractivity contribution in [3.63, 3.8) is 0 Å². The minimum absolute atomic E-state index is 0.530. The van der Waals surface area contributed by atoms with Crippen LogP contribution in [-0.4, -0.2) is 108 Å². The molecule has 0 aliphatic heterocycles. The van der Waals surface area contributed by atoms with E-state index in [9.17, 15) is 0 Å². The van der Waals surface area contributed by atoms with Crippen LogP contribution in [-0.2, 0) is 0 Å². The molecule has 0 unspecified atom stereocenters. The maximum absolute atomic E-state index is 5.87. The molecule has 4 rings (SSSR count). The van der Waals surface area contributed by atoms with Crippen molar-refractivity contribution in [2.24, 2.45) is 0 Å². The van der Waals surface area contributed by atoms with Crippen molar-refractivity contribution in [1.82, 2.24) is 0 Å². The number of rotatable bonds is 52. The number of thiophene rings is 4. The van der Waals surface area contributed by atoms with Crippen LogP contribution in [0.15, 0.2) is 29.0 Å². The molecule has 0 bridgehead atoms. The molecule has 0 fully saturated rings. The normalized spacial score (nSPS) is 11.3. The summed E-state index contributed by atoms with van der Waals surface area (Å²) in [5.41, 5.74) is 0. The fourth-order valence-electron chi connectivity index (χ4n) is 9.20. The molecule has 4 aromatic heterocycles. The van der Waals surface area contributed by atoms with E-state index in [1.54, 1.807) is 51.1 Å². The summed E-state index contributed by atoms with van der Waals surface area (Å²) in [7, 11) is 10.6. The molecule has 80 heavy (non-hydrogen) atoms. The first-order valence-electron chi connectivity index (χ1n) is 31.1. The van der Waals surface area contributed by atoms with Gasteiger partial charge in [-0.05, 0) is 0 Å². The van der Waals surface area contributed by atoms with Gasteiger partial charge in [-0.15, -0.1) is 0 Å². The van der Waals surface area contributed by atoms with Crippen LogP contribution < -0.4 is 40.1 Å². The molecule has 0 amide bonds. The van der Waals surface area contributed by atoms with Gasteiger partial charge < -0.3 is 0 Å². The molecule has 0 aliphatic rings. The minimum atomic E-state index is -0.682. The van der Waals surface area contributed by atoms with Gasteiger partial charge in [0, 0.05) is 0 Å². The van der Waals surface area contributed by atoms with Gasteiger partial charge >= 0.3 is 420 Å². The predicted octanol–water partition coefficient (Wildman–Crippen LogP) is 20.7. The number of hydrogen-bond donors (Lipinski definition) is 0. The molecule has 4 aromatic rings. The molecule has 0 aliphatic carbocycles. The molecule has 0 radical (unpaired) electrons. The van der Waals surface area contributed by atoms with Gasteiger partial charge in [0.1, 0.15) is 0 Å². The molecule has 0 N–H and O–H groups in total. The third-order valence-corrected chi connectivity index (χ3v) is 32.4. The Morgan fingerprint density at radius 1 is 0.287 bits per heavy atom. The van der Waals surface area contributed by atoms with Crippen molar-refractivity contribution in [3.05, 3.63) is 12.1 Å². The van der Waals surface area contributed by atoms with E-state index in [4.69, 9.17) is 28.4 Å². The molecular formula is C64H108O6S8Te2. The second-order valence-corrected chi connectivity index (χ2v) is 39.3. The van der Waals surface area contributed by atoms with Gasteiger partial charge in [0.25, 0.3) is 0 Å². The summed E-state index contributed by atoms with van der Waals surface area (Å²) in [5.74, 6) is 10.3. The van der Waals surface area contributed by atoms with Gasteiger partial charge in [-0.3, -0.25) is 0 Å². The van der Waals surface area contributed by atoms with Crippen molar-refractivity contribution in [2.45, 2.75) is 263 Å². The Bertz CT molecular complexity index is 1940. The molecule has 0 spiro atoms. The van der Waals surface area contributed by atoms with Gasteiger partial charge in [-0.2, -0.15) is 0 Å². The standard InChI is InChI=1S/C46H82O2S4Te.C18H26O4S4Te/c1-5-7-9-11-13-15-17-19-21-23-25-27-29-31-33-35-37-49-43-39-41(47-3)45(51-43)53-46-42(48-4)40-44(52-46)50-38-36-34-32-30-28-26-24-22-20-18-16-14-12-10-8-6-2;1-7-9-23-15-11(19-3)13(21-5)17(25-15)27-18-14(22-6)12(20-4)16(26-18)24-10-8-2/h39-40H,5-38H2,1-4H3;7-10H2,1-6H3. The third-order valence-electron chi connectivity index (χ3n) is 13.8. The molecular weight excluding hydrogens is 1380 g/mol. The van der Waals surface area contributed by atoms with Crippen LogP contribution in [0.2, 0.25) is 0 Å². The fourth-order valence-corrected chi connectivity index (χ4v) is 31.0. The van der Waals surface area contributed by atoms with E-state index in [1.165, 1.54) is 246 Å². The van der Waals surface area contributed by atoms with Crippen molar-refractivity contribution < 1.29 is 28.4 Å². The second kappa shape index (κ2) is 50.6. The Kier molecular flexibility index (Phi) is 47.3. The first-order chi connectivity index (χ1) is 39.4. The van der Waals surface area contributed by atoms with E-state index in [0.717, 1.165) is 58.8 Å². The summed E-state index contributed by atoms with van der Waals surface area (Å²) in [6.45, 7) is 8.99. The number of thioether (sulfide) groups is 4. The summed E-state index contributed by atoms with van der Waals surface area (Å²) in [5, 5.41) is 0. The van der Waals surface area contributed by atoms with E-state index >= 15 is 0 Å². The summed E-state index contributed by atoms with van der Waals surface area (Å²) in [4.78, 5) is 0. The van der Waals surface area contributed by atoms with E-state index < -0.39 is 41.8 Å². The van der Waals surface area contributed by atoms with E-state index in [-0.39, 0.29) is 0 Å². The van der Waals surface area contributed by atoms with Crippen LogP contribution in [0.25, 0.3) is 0 Å². The van der Waals surface area contributed by atoms with Crippen molar-refractivity contribution >= 4 is 146 Å². The van der Waals surface area contributed by atoms with Crippen LogP contribution in [0, 0.1) is 0 Å². The van der Waals surface area contributed by atoms with E-state index in [2.05, 4.69) is 39.8 Å². The Morgan fingerprint density at radius 3 is 0.825 bits per heavy atom. The SMILES string of the molecule is CCCCCCCCCCCCCCCCCCSc1cc(OC)c([Te]c2sc(SCCCCCCCCCCCCCCCCCC)cc2OC)s1.CCCSc1sc([Te]c2sc(SCCC)c(OC)c2OC)c(OC)c1OC. The van der Waals surface area contributed by atoms with E-state index in [1.807, 2.05) is 83.9 Å². The molecule has 0 saturated heterocycles. The summed E-state index contributed by atoms with van der Waals surface area (Å²) in [6.07, 6.45) is 48.0. The van der Waals surface area contributed by atoms with Crippen LogP contribution in [0.5, 0.6) is 34.5 Å². The molecule has 0 atom stereocenters. The molecule has 0 aromatic carbocycles. The molecule has 0 saturated carbocycles. The van der Waals surface area contributed by atoms with Crippen molar-refractivity contribution in [2.75, 3.05) is 65.7 Å². The maximum atomic E-state index is 5.87. The van der Waals surface area contributed by atoms with Crippen LogP contribution >= 0.6 is 92.4 Å². The average molecular weight is 1490 g/mol. The van der Waals surface area contributed by atoms with Crippen LogP contribution in [0.4, 0.5) is 0 Å². The molecule has 6 nitrogen and oxygen atoms in total. The fraction of sp³-hybridized carbons (Fsp3) is 0.750. The van der Waals surface area contributed by atoms with Gasteiger partial charge in [-0.25, -0.2) is 0 Å². The number of hydrogen-bond acceptors (Lipinski definition) is 14. The number of ether oxygens (including phenoxy) is 6. The Labute approximate surface area is 543 Å². The monoisotopic (exact) mass is 1490 g/mol. The zero-order valence-corrected chi connectivity index (χ0v) is 62.7. The average Bonchev–Trinajstić information content (AvgIpc) is 4.32. The quantitative estimate of drug-likeness (QED) is 0.0243. The van der Waals surface area contributed by atoms with Crippen LogP contribution in [0.1, 0.15) is 246 Å².